The lowest BCUT2D eigenvalue weighted by Crippen LogP contribution is -2.62. The molecule has 2 amide bonds. The third kappa shape index (κ3) is 5.36. The molecule has 0 aromatic carbocycles. The Kier molecular flexibility index (Phi) is 7.91. The summed E-state index contributed by atoms with van der Waals surface area (Å²) in [5.74, 6) is 0.221. The maximum absolute atomic E-state index is 13.5. The third-order valence-corrected chi connectivity index (χ3v) is 9.13. The van der Waals surface area contributed by atoms with Crippen LogP contribution in [0.15, 0.2) is 48.1 Å². The molecule has 0 bridgehead atoms. The van der Waals surface area contributed by atoms with E-state index in [1.165, 1.54) is 0 Å². The monoisotopic (exact) mass is 590 g/mol. The van der Waals surface area contributed by atoms with Crippen molar-refractivity contribution in [3.63, 3.8) is 0 Å². The number of nitrogens with zero attached hydrogens (tertiary/aromatic N) is 7. The number of nitrogens with one attached hydrogen (secondary N) is 1. The Morgan fingerprint density at radius 2 is 1.98 bits per heavy atom. The molecule has 0 radical (unpaired) electrons. The first-order valence-electron chi connectivity index (χ1n) is 14.5. The fourth-order valence-electron chi connectivity index (χ4n) is 5.60. The fourth-order valence-corrected chi connectivity index (χ4v) is 6.29. The average Bonchev–Trinajstić information content (AvgIpc) is 3.64. The van der Waals surface area contributed by atoms with Gasteiger partial charge in [-0.15, -0.1) is 11.3 Å². The highest BCUT2D eigenvalue weighted by molar-refractivity contribution is 7.13. The van der Waals surface area contributed by atoms with Gasteiger partial charge in [0.1, 0.15) is 18.0 Å². The van der Waals surface area contributed by atoms with E-state index in [4.69, 9.17) is 9.97 Å². The lowest BCUT2D eigenvalue weighted by Gasteiger charge is -2.45. The van der Waals surface area contributed by atoms with Gasteiger partial charge in [-0.1, -0.05) is 19.9 Å². The predicted molar refractivity (Wildman–Crippen MR) is 161 cm³/mol. The number of carbonyl (C=O) groups excluding carboxylic acids is 2. The number of halogens is 1. The Morgan fingerprint density at radius 1 is 1.17 bits per heavy atom. The van der Waals surface area contributed by atoms with Gasteiger partial charge in [0.2, 0.25) is 5.91 Å². The van der Waals surface area contributed by atoms with Gasteiger partial charge in [0.05, 0.1) is 41.1 Å². The number of rotatable bonds is 10. The summed E-state index contributed by atoms with van der Waals surface area (Å²) in [5.41, 5.74) is 3.13. The summed E-state index contributed by atoms with van der Waals surface area (Å²) in [4.78, 5) is 43.2. The second kappa shape index (κ2) is 11.8. The number of alkyl halides is 1. The van der Waals surface area contributed by atoms with Crippen molar-refractivity contribution in [2.45, 2.75) is 45.4 Å². The highest BCUT2D eigenvalue weighted by Crippen LogP contribution is 2.33. The number of fused-ring (bicyclic) bond motifs is 1. The Balaban J connectivity index is 1.35. The molecule has 1 N–H and O–H groups in total. The van der Waals surface area contributed by atoms with E-state index in [2.05, 4.69) is 36.1 Å². The van der Waals surface area contributed by atoms with Crippen LogP contribution in [0.25, 0.3) is 27.5 Å². The van der Waals surface area contributed by atoms with E-state index >= 15 is 0 Å². The molecule has 12 heteroatoms. The number of hydrogen-bond donors (Lipinski definition) is 1. The van der Waals surface area contributed by atoms with Gasteiger partial charge in [-0.25, -0.2) is 18.9 Å². The first-order valence-corrected chi connectivity index (χ1v) is 15.4. The summed E-state index contributed by atoms with van der Waals surface area (Å²) in [6.45, 7) is 9.50. The van der Waals surface area contributed by atoms with Crippen LogP contribution < -0.4 is 10.2 Å². The number of thiophene rings is 1. The van der Waals surface area contributed by atoms with Gasteiger partial charge in [0.15, 0.2) is 5.65 Å². The van der Waals surface area contributed by atoms with E-state index in [-0.39, 0.29) is 30.9 Å². The van der Waals surface area contributed by atoms with Crippen LogP contribution in [0.2, 0.25) is 0 Å². The molecular formula is C30H35FN8O2S. The number of likely N-dealkylation sites (tertiary alicyclic amines) is 1. The van der Waals surface area contributed by atoms with Crippen molar-refractivity contribution in [3.05, 3.63) is 53.7 Å². The van der Waals surface area contributed by atoms with Crippen LogP contribution in [0.4, 0.5) is 10.2 Å². The van der Waals surface area contributed by atoms with Crippen LogP contribution in [0.5, 0.6) is 0 Å². The Labute approximate surface area is 248 Å². The summed E-state index contributed by atoms with van der Waals surface area (Å²) in [6.07, 6.45) is 3.27. The van der Waals surface area contributed by atoms with Crippen LogP contribution in [0, 0.1) is 0 Å². The predicted octanol–water partition coefficient (Wildman–Crippen LogP) is 3.74. The lowest BCUT2D eigenvalue weighted by molar-refractivity contribution is -0.141. The Hall–Kier alpha value is -3.90. The van der Waals surface area contributed by atoms with Crippen molar-refractivity contribution in [3.8, 4) is 21.8 Å². The number of likely N-dealkylation sites (N-methyl/N-ethyl adjacent to an activating group) is 1. The first-order chi connectivity index (χ1) is 20.4. The normalized spacial score (nSPS) is 17.8. The van der Waals surface area contributed by atoms with Gasteiger partial charge in [0, 0.05) is 30.9 Å². The van der Waals surface area contributed by atoms with Crippen LogP contribution >= 0.6 is 11.3 Å². The Bertz CT molecular complexity index is 1580. The van der Waals surface area contributed by atoms with Crippen molar-refractivity contribution in [2.75, 3.05) is 44.2 Å². The molecule has 2 saturated heterocycles. The summed E-state index contributed by atoms with van der Waals surface area (Å²) < 4.78 is 15.2. The van der Waals surface area contributed by atoms with Gasteiger partial charge in [-0.2, -0.15) is 5.10 Å². The summed E-state index contributed by atoms with van der Waals surface area (Å²) in [7, 11) is 0. The quantitative estimate of drug-likeness (QED) is 0.301. The zero-order valence-electron chi connectivity index (χ0n) is 24.0. The molecule has 0 aliphatic carbocycles. The molecule has 4 aromatic heterocycles. The highest BCUT2D eigenvalue weighted by Gasteiger charge is 2.42. The van der Waals surface area contributed by atoms with Crippen LogP contribution in [-0.4, -0.2) is 98.7 Å². The molecule has 220 valence electrons. The van der Waals surface area contributed by atoms with Crippen molar-refractivity contribution >= 4 is 34.6 Å². The second-order valence-corrected chi connectivity index (χ2v) is 11.8. The molecule has 2 aliphatic rings. The molecule has 0 spiro atoms. The number of aromatic nitrogens is 4. The van der Waals surface area contributed by atoms with Crippen LogP contribution in [0.3, 0.4) is 0 Å². The van der Waals surface area contributed by atoms with Crippen molar-refractivity contribution < 1.29 is 14.0 Å². The Morgan fingerprint density at radius 3 is 2.64 bits per heavy atom. The topological polar surface area (TPSA) is 99.0 Å². The summed E-state index contributed by atoms with van der Waals surface area (Å²) in [5, 5.41) is 9.58. The molecule has 0 unspecified atom stereocenters. The average molecular weight is 591 g/mol. The van der Waals surface area contributed by atoms with E-state index in [1.54, 1.807) is 39.1 Å². The molecule has 10 nitrogen and oxygen atoms in total. The van der Waals surface area contributed by atoms with Crippen molar-refractivity contribution in [1.29, 1.82) is 0 Å². The maximum Gasteiger partial charge on any atom is 0.251 e. The molecule has 6 rings (SSSR count). The zero-order chi connectivity index (χ0) is 29.4. The minimum atomic E-state index is -0.958. The second-order valence-electron chi connectivity index (χ2n) is 10.8. The fraction of sp³-hybridized carbons (Fsp3) is 0.433. The third-order valence-electron chi connectivity index (χ3n) is 8.23. The smallest absolute Gasteiger partial charge is 0.251 e. The van der Waals surface area contributed by atoms with E-state index in [1.807, 2.05) is 34.7 Å². The van der Waals surface area contributed by atoms with Gasteiger partial charge in [0.25, 0.3) is 5.91 Å². The number of amides is 2. The SMILES string of the molecule is CCN(CC)[C@@H](C)CNC(=O)c1cc(-c2cnn3ccc(-c4cccs4)nc23)nc(N2CC[C@H]2C(=O)N2CC(F)C2)c1. The van der Waals surface area contributed by atoms with E-state index in [0.29, 0.717) is 47.8 Å². The number of anilines is 1. The van der Waals surface area contributed by atoms with Gasteiger partial charge in [-0.3, -0.25) is 14.5 Å². The van der Waals surface area contributed by atoms with Crippen molar-refractivity contribution in [1.82, 2.24) is 34.7 Å². The van der Waals surface area contributed by atoms with Gasteiger partial charge >= 0.3 is 0 Å². The van der Waals surface area contributed by atoms with Crippen molar-refractivity contribution in [2.24, 2.45) is 0 Å². The van der Waals surface area contributed by atoms with E-state index in [0.717, 1.165) is 23.7 Å². The lowest BCUT2D eigenvalue weighted by atomic mass is 9.98. The maximum atomic E-state index is 13.5. The molecule has 6 heterocycles. The van der Waals surface area contributed by atoms with Crippen LogP contribution in [0.1, 0.15) is 37.6 Å². The summed E-state index contributed by atoms with van der Waals surface area (Å²) in [6, 6.07) is 9.18. The zero-order valence-corrected chi connectivity index (χ0v) is 24.9. The molecule has 4 aromatic rings. The number of carbonyl (C=O) groups is 2. The van der Waals surface area contributed by atoms with Crippen LogP contribution in [-0.2, 0) is 4.79 Å². The highest BCUT2D eigenvalue weighted by atomic mass is 32.1. The number of hydrogen-bond acceptors (Lipinski definition) is 8. The van der Waals surface area contributed by atoms with E-state index < -0.39 is 12.2 Å². The van der Waals surface area contributed by atoms with E-state index in [9.17, 15) is 14.0 Å². The number of pyridine rings is 1. The minimum absolute atomic E-state index is 0.0976. The molecule has 42 heavy (non-hydrogen) atoms. The summed E-state index contributed by atoms with van der Waals surface area (Å²) >= 11 is 1.61. The molecular weight excluding hydrogens is 555 g/mol. The van der Waals surface area contributed by atoms with Gasteiger partial charge in [-0.05, 0) is 56.1 Å². The molecule has 0 saturated carbocycles. The minimum Gasteiger partial charge on any atom is -0.350 e. The van der Waals surface area contributed by atoms with Gasteiger partial charge < -0.3 is 15.1 Å². The largest absolute Gasteiger partial charge is 0.350 e. The molecule has 2 aliphatic heterocycles. The first kappa shape index (κ1) is 28.2. The molecule has 2 atom stereocenters. The standard InChI is InChI=1S/C30H35FN8O2S/c1-4-36(5-2)19(3)15-32-29(40)20-13-24(22-16-33-39-11-8-23(35-28(22)39)26-7-6-12-42-26)34-27(14-20)38-10-9-25(38)30(41)37-17-21(31)18-37/h6-8,11-14,16,19,21,25H,4-5,9-10,15,17-18H2,1-3H3,(H,32,40)/t19-,25-/m0/s1. The molecule has 2 fully saturated rings.